The zero-order valence-corrected chi connectivity index (χ0v) is 18.4. The summed E-state index contributed by atoms with van der Waals surface area (Å²) < 4.78 is 0. The van der Waals surface area contributed by atoms with Crippen molar-refractivity contribution >= 4 is 5.97 Å². The van der Waals surface area contributed by atoms with Crippen molar-refractivity contribution in [3.05, 3.63) is 36.5 Å². The van der Waals surface area contributed by atoms with Crippen LogP contribution in [0.5, 0.6) is 0 Å². The topological polar surface area (TPSA) is 77.8 Å². The standard InChI is InChI=1S/C25H40O4/c1-5-6-7-13-25(3,4)23(27)12-11-20-21-15-18(14-19(21)16-22(20)26)17(2)9-8-10-24(28)29/h5,11-12,14,17,19-23,26-27H,1,6-10,13,15-16H2,2-4H3,(H,28,29)/b12-11+/t17?,19?,20-,21?,22-,23?/m1/s1. The first-order chi connectivity index (χ1) is 13.7. The Morgan fingerprint density at radius 1 is 1.38 bits per heavy atom. The molecule has 2 aliphatic carbocycles. The number of aliphatic hydroxyl groups is 2. The van der Waals surface area contributed by atoms with Gasteiger partial charge in [0.15, 0.2) is 0 Å². The summed E-state index contributed by atoms with van der Waals surface area (Å²) >= 11 is 0. The average molecular weight is 405 g/mol. The smallest absolute Gasteiger partial charge is 0.303 e. The van der Waals surface area contributed by atoms with Gasteiger partial charge in [-0.1, -0.05) is 50.6 Å². The predicted molar refractivity (Wildman–Crippen MR) is 117 cm³/mol. The van der Waals surface area contributed by atoms with Gasteiger partial charge < -0.3 is 15.3 Å². The summed E-state index contributed by atoms with van der Waals surface area (Å²) in [5, 5.41) is 30.1. The van der Waals surface area contributed by atoms with Crippen molar-refractivity contribution in [3.8, 4) is 0 Å². The minimum Gasteiger partial charge on any atom is -0.481 e. The van der Waals surface area contributed by atoms with Crippen LogP contribution < -0.4 is 0 Å². The van der Waals surface area contributed by atoms with Crippen molar-refractivity contribution in [3.63, 3.8) is 0 Å². The van der Waals surface area contributed by atoms with E-state index in [2.05, 4.69) is 39.5 Å². The van der Waals surface area contributed by atoms with Crippen molar-refractivity contribution in [2.75, 3.05) is 0 Å². The molecular formula is C25H40O4. The van der Waals surface area contributed by atoms with E-state index in [0.29, 0.717) is 24.2 Å². The molecule has 0 spiro atoms. The quantitative estimate of drug-likeness (QED) is 0.312. The third-order valence-corrected chi connectivity index (χ3v) is 7.11. The third-order valence-electron chi connectivity index (χ3n) is 7.11. The second-order valence-corrected chi connectivity index (χ2v) is 9.84. The normalized spacial score (nSPS) is 28.9. The van der Waals surface area contributed by atoms with Crippen LogP contribution in [-0.2, 0) is 4.79 Å². The van der Waals surface area contributed by atoms with Gasteiger partial charge in [0.1, 0.15) is 0 Å². The molecule has 6 atom stereocenters. The van der Waals surface area contributed by atoms with Crippen LogP contribution in [0.4, 0.5) is 0 Å². The zero-order chi connectivity index (χ0) is 21.6. The number of aliphatic hydroxyl groups excluding tert-OH is 2. The van der Waals surface area contributed by atoms with Crippen molar-refractivity contribution in [1.82, 2.24) is 0 Å². The number of unbranched alkanes of at least 4 members (excludes halogenated alkanes) is 1. The molecule has 1 fully saturated rings. The van der Waals surface area contributed by atoms with Crippen LogP contribution in [0.2, 0.25) is 0 Å². The Bertz CT molecular complexity index is 618. The molecule has 29 heavy (non-hydrogen) atoms. The molecule has 0 heterocycles. The summed E-state index contributed by atoms with van der Waals surface area (Å²) in [6.45, 7) is 10.1. The lowest BCUT2D eigenvalue weighted by Crippen LogP contribution is -2.28. The lowest BCUT2D eigenvalue weighted by atomic mass is 9.80. The van der Waals surface area contributed by atoms with Crippen LogP contribution in [0.3, 0.4) is 0 Å². The molecule has 0 aromatic rings. The highest BCUT2D eigenvalue weighted by atomic mass is 16.4. The number of carboxylic acid groups (broad SMARTS) is 1. The minimum absolute atomic E-state index is 0.0820. The Labute approximate surface area is 176 Å². The maximum absolute atomic E-state index is 10.7. The number of hydrogen-bond acceptors (Lipinski definition) is 3. The second kappa shape index (κ2) is 10.6. The minimum atomic E-state index is -0.728. The Kier molecular flexibility index (Phi) is 8.72. The molecule has 0 amide bonds. The number of carbonyl (C=O) groups is 1. The molecule has 4 unspecified atom stereocenters. The molecule has 2 aliphatic rings. The van der Waals surface area contributed by atoms with E-state index in [1.54, 1.807) is 0 Å². The summed E-state index contributed by atoms with van der Waals surface area (Å²) in [5.74, 6) is 0.548. The van der Waals surface area contributed by atoms with Crippen LogP contribution in [0.1, 0.15) is 72.1 Å². The van der Waals surface area contributed by atoms with E-state index in [4.69, 9.17) is 5.11 Å². The Morgan fingerprint density at radius 3 is 2.76 bits per heavy atom. The van der Waals surface area contributed by atoms with Crippen molar-refractivity contribution in [2.24, 2.45) is 29.1 Å². The van der Waals surface area contributed by atoms with Gasteiger partial charge in [0, 0.05) is 12.3 Å². The summed E-state index contributed by atoms with van der Waals surface area (Å²) in [7, 11) is 0. The van der Waals surface area contributed by atoms with Crippen LogP contribution in [0.25, 0.3) is 0 Å². The van der Waals surface area contributed by atoms with Gasteiger partial charge in [-0.2, -0.15) is 0 Å². The van der Waals surface area contributed by atoms with Gasteiger partial charge in [-0.3, -0.25) is 4.79 Å². The molecule has 0 aromatic carbocycles. The van der Waals surface area contributed by atoms with E-state index in [9.17, 15) is 15.0 Å². The Balaban J connectivity index is 1.92. The van der Waals surface area contributed by atoms with E-state index in [1.165, 1.54) is 5.57 Å². The average Bonchev–Trinajstić information content (AvgIpc) is 3.16. The fourth-order valence-electron chi connectivity index (χ4n) is 5.00. The van der Waals surface area contributed by atoms with Gasteiger partial charge in [-0.05, 0) is 68.1 Å². The van der Waals surface area contributed by atoms with Gasteiger partial charge in [-0.25, -0.2) is 0 Å². The monoisotopic (exact) mass is 404 g/mol. The molecule has 2 rings (SSSR count). The molecule has 3 N–H and O–H groups in total. The summed E-state index contributed by atoms with van der Waals surface area (Å²) in [6, 6.07) is 0. The fourth-order valence-corrected chi connectivity index (χ4v) is 5.00. The molecule has 0 aliphatic heterocycles. The van der Waals surface area contributed by atoms with Gasteiger partial charge in [0.25, 0.3) is 0 Å². The summed E-state index contributed by atoms with van der Waals surface area (Å²) in [6.07, 6.45) is 13.9. The number of fused-ring (bicyclic) bond motifs is 1. The Hall–Kier alpha value is -1.39. The first-order valence-electron chi connectivity index (χ1n) is 11.2. The van der Waals surface area contributed by atoms with E-state index < -0.39 is 12.1 Å². The third kappa shape index (κ3) is 6.55. The number of allylic oxidation sites excluding steroid dienone is 3. The maximum Gasteiger partial charge on any atom is 0.303 e. The van der Waals surface area contributed by atoms with Crippen LogP contribution >= 0.6 is 0 Å². The lowest BCUT2D eigenvalue weighted by molar-refractivity contribution is -0.137. The molecular weight excluding hydrogens is 364 g/mol. The largest absolute Gasteiger partial charge is 0.481 e. The maximum atomic E-state index is 10.7. The molecule has 4 nitrogen and oxygen atoms in total. The van der Waals surface area contributed by atoms with Crippen molar-refractivity contribution in [2.45, 2.75) is 84.3 Å². The van der Waals surface area contributed by atoms with Crippen LogP contribution in [0.15, 0.2) is 36.5 Å². The Morgan fingerprint density at radius 2 is 2.10 bits per heavy atom. The highest BCUT2D eigenvalue weighted by Crippen LogP contribution is 2.49. The van der Waals surface area contributed by atoms with E-state index >= 15 is 0 Å². The number of rotatable bonds is 12. The van der Waals surface area contributed by atoms with Crippen LogP contribution in [0, 0.1) is 29.1 Å². The fraction of sp³-hybridized carbons (Fsp3) is 0.720. The number of aliphatic carboxylic acids is 1. The molecule has 4 heteroatoms. The van der Waals surface area contributed by atoms with Gasteiger partial charge in [-0.15, -0.1) is 6.58 Å². The van der Waals surface area contributed by atoms with E-state index in [1.807, 2.05) is 12.2 Å². The van der Waals surface area contributed by atoms with Gasteiger partial charge in [0.05, 0.1) is 12.2 Å². The van der Waals surface area contributed by atoms with Crippen LogP contribution in [-0.4, -0.2) is 33.5 Å². The number of hydrogen-bond donors (Lipinski definition) is 3. The highest BCUT2D eigenvalue weighted by Gasteiger charge is 2.44. The summed E-state index contributed by atoms with van der Waals surface area (Å²) in [5.41, 5.74) is 1.22. The highest BCUT2D eigenvalue weighted by molar-refractivity contribution is 5.66. The lowest BCUT2D eigenvalue weighted by Gasteiger charge is -2.29. The zero-order valence-electron chi connectivity index (χ0n) is 18.4. The molecule has 164 valence electrons. The van der Waals surface area contributed by atoms with E-state index in [0.717, 1.165) is 38.5 Å². The molecule has 0 aromatic heterocycles. The van der Waals surface area contributed by atoms with Gasteiger partial charge in [0.2, 0.25) is 0 Å². The number of carboxylic acids is 1. The predicted octanol–water partition coefficient (Wildman–Crippen LogP) is 5.12. The molecule has 0 radical (unpaired) electrons. The van der Waals surface area contributed by atoms with E-state index in [-0.39, 0.29) is 23.9 Å². The van der Waals surface area contributed by atoms with Crippen molar-refractivity contribution < 1.29 is 20.1 Å². The first kappa shape index (κ1) is 23.9. The molecule has 0 bridgehead atoms. The van der Waals surface area contributed by atoms with Gasteiger partial charge >= 0.3 is 5.97 Å². The summed E-state index contributed by atoms with van der Waals surface area (Å²) in [4.78, 5) is 10.7. The molecule has 1 saturated carbocycles. The van der Waals surface area contributed by atoms with Crippen molar-refractivity contribution in [1.29, 1.82) is 0 Å². The first-order valence-corrected chi connectivity index (χ1v) is 11.2. The second-order valence-electron chi connectivity index (χ2n) is 9.84. The molecule has 0 saturated heterocycles. The SMILES string of the molecule is C=CCCCC(C)(C)C(O)/C=C/[C@@H]1C2CC(C(C)CCCC(=O)O)=CC2C[C@H]1O.